The van der Waals surface area contributed by atoms with Crippen LogP contribution in [0.5, 0.6) is 0 Å². The van der Waals surface area contributed by atoms with Crippen molar-refractivity contribution in [1.82, 2.24) is 10.2 Å². The minimum Gasteiger partial charge on any atom is -0.350 e. The number of aryl methyl sites for hydroxylation is 1. The number of hydrogen-bond acceptors (Lipinski definition) is 4. The molecule has 0 heterocycles. The van der Waals surface area contributed by atoms with Crippen molar-refractivity contribution in [2.24, 2.45) is 0 Å². The Labute approximate surface area is 275 Å². The van der Waals surface area contributed by atoms with Crippen LogP contribution in [-0.2, 0) is 32.6 Å². The van der Waals surface area contributed by atoms with Gasteiger partial charge >= 0.3 is 0 Å². The summed E-state index contributed by atoms with van der Waals surface area (Å²) >= 11 is 12.6. The number of rotatable bonds is 11. The van der Waals surface area contributed by atoms with Gasteiger partial charge in [-0.3, -0.25) is 13.9 Å². The summed E-state index contributed by atoms with van der Waals surface area (Å²) in [5, 5.41) is 3.83. The summed E-state index contributed by atoms with van der Waals surface area (Å²) in [6, 6.07) is 28.2. The van der Waals surface area contributed by atoms with Crippen LogP contribution in [0.1, 0.15) is 37.5 Å². The third-order valence-corrected chi connectivity index (χ3v) is 9.45. The monoisotopic (exact) mass is 665 g/mol. The number of nitrogens with zero attached hydrogens (tertiary/aromatic N) is 2. The van der Waals surface area contributed by atoms with E-state index in [2.05, 4.69) is 5.32 Å². The number of hydrogen-bond donors (Lipinski definition) is 1. The largest absolute Gasteiger partial charge is 0.350 e. The predicted octanol–water partition coefficient (Wildman–Crippen LogP) is 7.05. The maximum atomic E-state index is 14.5. The minimum absolute atomic E-state index is 0.0176. The van der Waals surface area contributed by atoms with Crippen LogP contribution in [0.15, 0.2) is 108 Å². The van der Waals surface area contributed by atoms with Gasteiger partial charge in [-0.2, -0.15) is 0 Å². The van der Waals surface area contributed by atoms with Gasteiger partial charge in [-0.1, -0.05) is 83.9 Å². The zero-order valence-corrected chi connectivity index (χ0v) is 28.0. The van der Waals surface area contributed by atoms with Crippen LogP contribution in [-0.4, -0.2) is 43.3 Å². The second-order valence-electron chi connectivity index (χ2n) is 11.9. The molecule has 0 aromatic heterocycles. The summed E-state index contributed by atoms with van der Waals surface area (Å²) < 4.78 is 29.3. The molecule has 1 N–H and O–H groups in total. The van der Waals surface area contributed by atoms with E-state index >= 15 is 0 Å². The predicted molar refractivity (Wildman–Crippen MR) is 181 cm³/mol. The molecule has 0 aliphatic carbocycles. The van der Waals surface area contributed by atoms with Crippen molar-refractivity contribution < 1.29 is 18.0 Å². The molecule has 0 saturated heterocycles. The zero-order chi connectivity index (χ0) is 32.8. The fourth-order valence-electron chi connectivity index (χ4n) is 4.86. The molecule has 236 valence electrons. The van der Waals surface area contributed by atoms with Gasteiger partial charge in [-0.15, -0.1) is 0 Å². The molecule has 0 aliphatic rings. The molecule has 0 spiro atoms. The van der Waals surface area contributed by atoms with Crippen molar-refractivity contribution in [1.29, 1.82) is 0 Å². The van der Waals surface area contributed by atoms with Crippen LogP contribution in [0, 0.1) is 6.92 Å². The molecule has 4 aromatic rings. The van der Waals surface area contributed by atoms with Crippen molar-refractivity contribution >= 4 is 50.7 Å². The van der Waals surface area contributed by atoms with Gasteiger partial charge in [0.2, 0.25) is 11.8 Å². The lowest BCUT2D eigenvalue weighted by Crippen LogP contribution is -2.56. The quantitative estimate of drug-likeness (QED) is 0.186. The van der Waals surface area contributed by atoms with Crippen molar-refractivity contribution in [3.8, 4) is 0 Å². The van der Waals surface area contributed by atoms with Crippen molar-refractivity contribution in [2.45, 2.75) is 57.1 Å². The second kappa shape index (κ2) is 14.5. The molecule has 0 bridgehead atoms. The van der Waals surface area contributed by atoms with E-state index in [1.165, 1.54) is 29.2 Å². The van der Waals surface area contributed by atoms with Crippen molar-refractivity contribution in [3.63, 3.8) is 0 Å². The van der Waals surface area contributed by atoms with Crippen LogP contribution >= 0.6 is 23.2 Å². The number of carbonyl (C=O) groups excluding carboxylic acids is 2. The molecule has 4 rings (SSSR count). The lowest BCUT2D eigenvalue weighted by molar-refractivity contribution is -0.140. The first-order chi connectivity index (χ1) is 21.2. The summed E-state index contributed by atoms with van der Waals surface area (Å²) in [5.41, 5.74) is 2.01. The van der Waals surface area contributed by atoms with E-state index in [1.807, 2.05) is 64.1 Å². The van der Waals surface area contributed by atoms with Crippen LogP contribution in [0.3, 0.4) is 0 Å². The van der Waals surface area contributed by atoms with E-state index in [0.717, 1.165) is 15.4 Å². The smallest absolute Gasteiger partial charge is 0.264 e. The number of sulfonamides is 1. The SMILES string of the molecule is Cc1cccc(N(CC(=O)N(Cc2ccccc2Cl)[C@H](Cc2ccccc2)C(=O)NC(C)(C)C)S(=O)(=O)c2ccc(Cl)cc2)c1. The maximum absolute atomic E-state index is 14.5. The highest BCUT2D eigenvalue weighted by atomic mass is 35.5. The summed E-state index contributed by atoms with van der Waals surface area (Å²) in [6.45, 7) is 6.85. The molecule has 7 nitrogen and oxygen atoms in total. The molecule has 0 fully saturated rings. The summed E-state index contributed by atoms with van der Waals surface area (Å²) in [5.74, 6) is -0.937. The highest BCUT2D eigenvalue weighted by Gasteiger charge is 2.36. The van der Waals surface area contributed by atoms with Gasteiger partial charge in [0.05, 0.1) is 10.6 Å². The summed E-state index contributed by atoms with van der Waals surface area (Å²) in [6.07, 6.45) is 0.202. The van der Waals surface area contributed by atoms with Gasteiger partial charge in [0.25, 0.3) is 10.0 Å². The van der Waals surface area contributed by atoms with Gasteiger partial charge in [-0.05, 0) is 86.8 Å². The van der Waals surface area contributed by atoms with Gasteiger partial charge in [0.15, 0.2) is 0 Å². The number of benzene rings is 4. The minimum atomic E-state index is -4.23. The Kier molecular flexibility index (Phi) is 11.0. The normalized spacial score (nSPS) is 12.3. The van der Waals surface area contributed by atoms with E-state index in [0.29, 0.717) is 21.3 Å². The van der Waals surface area contributed by atoms with Crippen LogP contribution in [0.25, 0.3) is 0 Å². The van der Waals surface area contributed by atoms with E-state index in [-0.39, 0.29) is 23.8 Å². The molecule has 0 unspecified atom stereocenters. The second-order valence-corrected chi connectivity index (χ2v) is 14.6. The van der Waals surface area contributed by atoms with Gasteiger partial charge in [0, 0.05) is 28.5 Å². The molecule has 10 heteroatoms. The first kappa shape index (κ1) is 34.0. The van der Waals surface area contributed by atoms with Gasteiger partial charge < -0.3 is 10.2 Å². The zero-order valence-electron chi connectivity index (χ0n) is 25.7. The lowest BCUT2D eigenvalue weighted by Gasteiger charge is -2.35. The van der Waals surface area contributed by atoms with Crippen molar-refractivity contribution in [3.05, 3.63) is 130 Å². The molecular weight excluding hydrogens is 629 g/mol. The third kappa shape index (κ3) is 9.10. The molecular formula is C35H37Cl2N3O4S. The number of carbonyl (C=O) groups is 2. The molecule has 1 atom stereocenters. The number of anilines is 1. The molecule has 0 radical (unpaired) electrons. The maximum Gasteiger partial charge on any atom is 0.264 e. The molecule has 45 heavy (non-hydrogen) atoms. The van der Waals surface area contributed by atoms with E-state index in [4.69, 9.17) is 23.2 Å². The molecule has 0 saturated carbocycles. The topological polar surface area (TPSA) is 86.8 Å². The van der Waals surface area contributed by atoms with Crippen LogP contribution in [0.4, 0.5) is 5.69 Å². The third-order valence-electron chi connectivity index (χ3n) is 7.04. The van der Waals surface area contributed by atoms with Crippen molar-refractivity contribution in [2.75, 3.05) is 10.8 Å². The van der Waals surface area contributed by atoms with Crippen LogP contribution < -0.4 is 9.62 Å². The first-order valence-electron chi connectivity index (χ1n) is 14.5. The first-order valence-corrected chi connectivity index (χ1v) is 16.7. The van der Waals surface area contributed by atoms with Gasteiger partial charge in [-0.25, -0.2) is 8.42 Å². The van der Waals surface area contributed by atoms with Gasteiger partial charge in [0.1, 0.15) is 12.6 Å². The van der Waals surface area contributed by atoms with E-state index in [9.17, 15) is 18.0 Å². The summed E-state index contributed by atoms with van der Waals surface area (Å²) in [4.78, 5) is 29.9. The van der Waals surface area contributed by atoms with E-state index in [1.54, 1.807) is 42.5 Å². The highest BCUT2D eigenvalue weighted by molar-refractivity contribution is 7.92. The number of amides is 2. The Bertz CT molecular complexity index is 1740. The average molecular weight is 667 g/mol. The standard InChI is InChI=1S/C35H37Cl2N3O4S/c1-25-11-10-15-29(21-25)40(45(43,44)30-19-17-28(36)18-20-30)24-33(41)39(23-27-14-8-9-16-31(27)37)32(34(42)38-35(2,3)4)22-26-12-6-5-7-13-26/h5-21,32H,22-24H2,1-4H3,(H,38,42)/t32-/m1/s1. The molecule has 2 amide bonds. The Morgan fingerprint density at radius 3 is 2.11 bits per heavy atom. The number of nitrogens with one attached hydrogen (secondary N) is 1. The fourth-order valence-corrected chi connectivity index (χ4v) is 6.59. The van der Waals surface area contributed by atoms with E-state index < -0.39 is 34.1 Å². The Morgan fingerprint density at radius 2 is 1.49 bits per heavy atom. The molecule has 4 aromatic carbocycles. The Hall–Kier alpha value is -3.85. The lowest BCUT2D eigenvalue weighted by atomic mass is 10.0. The van der Waals surface area contributed by atoms with Crippen LogP contribution in [0.2, 0.25) is 10.0 Å². The summed E-state index contributed by atoms with van der Waals surface area (Å²) in [7, 11) is -4.23. The Morgan fingerprint density at radius 1 is 0.844 bits per heavy atom. The number of halogens is 2. The molecule has 0 aliphatic heterocycles. The fraction of sp³-hybridized carbons (Fsp3) is 0.257. The Balaban J connectivity index is 1.83. The average Bonchev–Trinajstić information content (AvgIpc) is 2.98. The highest BCUT2D eigenvalue weighted by Crippen LogP contribution is 2.27.